The van der Waals surface area contributed by atoms with Crippen LogP contribution in [0.5, 0.6) is 0 Å². The Bertz CT molecular complexity index is 378. The van der Waals surface area contributed by atoms with E-state index in [1.807, 2.05) is 0 Å². The lowest BCUT2D eigenvalue weighted by molar-refractivity contribution is -0.890. The third kappa shape index (κ3) is 16.6. The van der Waals surface area contributed by atoms with Gasteiger partial charge in [0.2, 0.25) is 0 Å². The average Bonchev–Trinajstić information content (AvgIpc) is 2.55. The molecule has 0 fully saturated rings. The number of nitrogens with zero attached hydrogens (tertiary/aromatic N) is 2. The first kappa shape index (κ1) is 25.1. The molecule has 0 spiro atoms. The molecule has 0 aromatic rings. The molecule has 0 radical (unpaired) electrons. The molecule has 0 heterocycles. The molecular formula is C22H45N2O2+. The van der Waals surface area contributed by atoms with Gasteiger partial charge in [-0.05, 0) is 46.8 Å². The molecule has 0 rings (SSSR count). The standard InChI is InChI=1S/C22H45N2O2/c1-21(2)22(25)26-20-19-24(5,6)18-16-14-12-10-8-7-9-11-13-15-17-23(3)4/h1,7-20H2,2-6H3/q+1. The summed E-state index contributed by atoms with van der Waals surface area (Å²) >= 11 is 0. The van der Waals surface area contributed by atoms with Crippen molar-refractivity contribution >= 4 is 5.97 Å². The third-order valence-electron chi connectivity index (χ3n) is 4.90. The van der Waals surface area contributed by atoms with Crippen molar-refractivity contribution in [1.82, 2.24) is 4.90 Å². The molecule has 0 saturated carbocycles. The highest BCUT2D eigenvalue weighted by Crippen LogP contribution is 2.12. The maximum absolute atomic E-state index is 11.4. The highest BCUT2D eigenvalue weighted by atomic mass is 16.5. The average molecular weight is 370 g/mol. The van der Waals surface area contributed by atoms with Crippen LogP contribution in [0.3, 0.4) is 0 Å². The number of carbonyl (C=O) groups excluding carboxylic acids is 1. The van der Waals surface area contributed by atoms with Gasteiger partial charge in [-0.1, -0.05) is 51.5 Å². The van der Waals surface area contributed by atoms with Crippen LogP contribution in [-0.2, 0) is 9.53 Å². The summed E-state index contributed by atoms with van der Waals surface area (Å²) in [6, 6.07) is 0. The Morgan fingerprint density at radius 2 is 1.31 bits per heavy atom. The van der Waals surface area contributed by atoms with Crippen LogP contribution in [0.1, 0.15) is 71.1 Å². The van der Waals surface area contributed by atoms with Gasteiger partial charge in [-0.3, -0.25) is 0 Å². The van der Waals surface area contributed by atoms with Crippen molar-refractivity contribution in [2.45, 2.75) is 71.1 Å². The smallest absolute Gasteiger partial charge is 0.333 e. The molecule has 0 unspecified atom stereocenters. The Morgan fingerprint density at radius 3 is 1.77 bits per heavy atom. The summed E-state index contributed by atoms with van der Waals surface area (Å²) in [7, 11) is 8.73. The lowest BCUT2D eigenvalue weighted by Crippen LogP contribution is -2.43. The second-order valence-corrected chi connectivity index (χ2v) is 8.64. The summed E-state index contributed by atoms with van der Waals surface area (Å²) in [4.78, 5) is 13.7. The molecule has 0 amide bonds. The quantitative estimate of drug-likeness (QED) is 0.162. The van der Waals surface area contributed by atoms with E-state index >= 15 is 0 Å². The summed E-state index contributed by atoms with van der Waals surface area (Å²) in [5.74, 6) is -0.275. The zero-order chi connectivity index (χ0) is 19.8. The number of rotatable bonds is 17. The van der Waals surface area contributed by atoms with Gasteiger partial charge in [0.05, 0.1) is 20.6 Å². The second-order valence-electron chi connectivity index (χ2n) is 8.64. The second kappa shape index (κ2) is 15.2. The van der Waals surface area contributed by atoms with Gasteiger partial charge in [0.15, 0.2) is 0 Å². The number of esters is 1. The number of carbonyl (C=O) groups is 1. The van der Waals surface area contributed by atoms with Gasteiger partial charge in [-0.2, -0.15) is 0 Å². The molecule has 0 aliphatic carbocycles. The number of unbranched alkanes of at least 4 members (excludes halogenated alkanes) is 9. The van der Waals surface area contributed by atoms with E-state index < -0.39 is 0 Å². The van der Waals surface area contributed by atoms with Gasteiger partial charge in [0.25, 0.3) is 0 Å². The van der Waals surface area contributed by atoms with E-state index in [2.05, 4.69) is 39.7 Å². The van der Waals surface area contributed by atoms with Crippen LogP contribution in [0.2, 0.25) is 0 Å². The molecule has 0 aliphatic rings. The molecular weight excluding hydrogens is 324 g/mol. The summed E-state index contributed by atoms with van der Waals surface area (Å²) < 4.78 is 6.11. The first-order valence-corrected chi connectivity index (χ1v) is 10.5. The molecule has 26 heavy (non-hydrogen) atoms. The summed E-state index contributed by atoms with van der Waals surface area (Å²) in [5.41, 5.74) is 0.476. The molecule has 0 N–H and O–H groups in total. The molecule has 154 valence electrons. The molecule has 0 aromatic carbocycles. The van der Waals surface area contributed by atoms with Crippen LogP contribution >= 0.6 is 0 Å². The molecule has 0 atom stereocenters. The van der Waals surface area contributed by atoms with Crippen LogP contribution in [0.25, 0.3) is 0 Å². The lowest BCUT2D eigenvalue weighted by atomic mass is 10.1. The largest absolute Gasteiger partial charge is 0.456 e. The van der Waals surface area contributed by atoms with Gasteiger partial charge >= 0.3 is 5.97 Å². The summed E-state index contributed by atoms with van der Waals surface area (Å²) in [6.45, 7) is 9.02. The predicted molar refractivity (Wildman–Crippen MR) is 112 cm³/mol. The lowest BCUT2D eigenvalue weighted by Gasteiger charge is -2.29. The number of ether oxygens (including phenoxy) is 1. The van der Waals surface area contributed by atoms with Crippen LogP contribution in [0.15, 0.2) is 12.2 Å². The minimum atomic E-state index is -0.275. The van der Waals surface area contributed by atoms with Crippen molar-refractivity contribution in [3.8, 4) is 0 Å². The van der Waals surface area contributed by atoms with Gasteiger partial charge in [-0.25, -0.2) is 4.79 Å². The van der Waals surface area contributed by atoms with E-state index in [9.17, 15) is 4.79 Å². The molecule has 0 aliphatic heterocycles. The van der Waals surface area contributed by atoms with E-state index in [0.717, 1.165) is 17.6 Å². The van der Waals surface area contributed by atoms with Crippen LogP contribution in [-0.4, -0.2) is 69.8 Å². The maximum Gasteiger partial charge on any atom is 0.333 e. The Hall–Kier alpha value is -0.870. The van der Waals surface area contributed by atoms with Crippen LogP contribution in [0, 0.1) is 0 Å². The van der Waals surface area contributed by atoms with E-state index in [1.165, 1.54) is 70.8 Å². The maximum atomic E-state index is 11.4. The van der Waals surface area contributed by atoms with Crippen LogP contribution < -0.4 is 0 Å². The van der Waals surface area contributed by atoms with E-state index in [0.29, 0.717) is 12.2 Å². The Kier molecular flexibility index (Phi) is 14.7. The van der Waals surface area contributed by atoms with Crippen molar-refractivity contribution < 1.29 is 14.0 Å². The molecule has 4 heteroatoms. The van der Waals surface area contributed by atoms with Crippen molar-refractivity contribution in [2.24, 2.45) is 0 Å². The zero-order valence-corrected chi connectivity index (χ0v) is 18.3. The van der Waals surface area contributed by atoms with Gasteiger partial charge in [0.1, 0.15) is 13.2 Å². The first-order chi connectivity index (χ1) is 12.2. The number of quaternary nitrogens is 1. The minimum absolute atomic E-state index is 0.275. The van der Waals surface area contributed by atoms with E-state index in [1.54, 1.807) is 6.92 Å². The fourth-order valence-corrected chi connectivity index (χ4v) is 3.00. The van der Waals surface area contributed by atoms with E-state index in [4.69, 9.17) is 4.74 Å². The number of hydrogen-bond donors (Lipinski definition) is 0. The van der Waals surface area contributed by atoms with Gasteiger partial charge in [-0.15, -0.1) is 0 Å². The molecule has 0 aromatic heterocycles. The Morgan fingerprint density at radius 1 is 0.846 bits per heavy atom. The van der Waals surface area contributed by atoms with Crippen molar-refractivity contribution in [1.29, 1.82) is 0 Å². The highest BCUT2D eigenvalue weighted by molar-refractivity contribution is 5.86. The topological polar surface area (TPSA) is 29.5 Å². The van der Waals surface area contributed by atoms with Crippen molar-refractivity contribution in [3.63, 3.8) is 0 Å². The summed E-state index contributed by atoms with van der Waals surface area (Å²) in [6.07, 6.45) is 13.6. The molecule has 0 saturated heterocycles. The Labute approximate surface area is 163 Å². The van der Waals surface area contributed by atoms with Gasteiger partial charge < -0.3 is 14.1 Å². The number of hydrogen-bond acceptors (Lipinski definition) is 3. The fourth-order valence-electron chi connectivity index (χ4n) is 3.00. The minimum Gasteiger partial charge on any atom is -0.456 e. The number of likely N-dealkylation sites (N-methyl/N-ethyl adjacent to an activating group) is 1. The van der Waals surface area contributed by atoms with E-state index in [-0.39, 0.29) is 5.97 Å². The van der Waals surface area contributed by atoms with Crippen molar-refractivity contribution in [3.05, 3.63) is 12.2 Å². The third-order valence-corrected chi connectivity index (χ3v) is 4.90. The van der Waals surface area contributed by atoms with Gasteiger partial charge in [0, 0.05) is 5.57 Å². The zero-order valence-electron chi connectivity index (χ0n) is 18.3. The normalized spacial score (nSPS) is 11.8. The monoisotopic (exact) mass is 369 g/mol. The Balaban J connectivity index is 3.42. The molecule has 0 bridgehead atoms. The first-order valence-electron chi connectivity index (χ1n) is 10.5. The SMILES string of the molecule is C=C(C)C(=O)OCC[N+](C)(C)CCCCCCCCCCCCN(C)C. The fraction of sp³-hybridized carbons (Fsp3) is 0.864. The molecule has 4 nitrogen and oxygen atoms in total. The predicted octanol–water partition coefficient (Wildman–Crippen LogP) is 4.64. The summed E-state index contributed by atoms with van der Waals surface area (Å²) in [5, 5.41) is 0. The highest BCUT2D eigenvalue weighted by Gasteiger charge is 2.15. The van der Waals surface area contributed by atoms with Crippen LogP contribution in [0.4, 0.5) is 0 Å². The van der Waals surface area contributed by atoms with Crippen molar-refractivity contribution in [2.75, 3.05) is 54.4 Å².